The number of hydrogen-bond donors (Lipinski definition) is 0. The van der Waals surface area contributed by atoms with Gasteiger partial charge in [-0.15, -0.1) is 0 Å². The highest BCUT2D eigenvalue weighted by Gasteiger charge is 2.51. The second-order valence-corrected chi connectivity index (χ2v) is 29.4. The molecule has 16 aromatic carbocycles. The smallest absolute Gasteiger partial charge is 0.160 e. The van der Waals surface area contributed by atoms with Gasteiger partial charge in [0.25, 0.3) is 0 Å². The fourth-order valence-corrected chi connectivity index (χ4v) is 17.5. The minimum Gasteiger partial charge on any atom is -0.457 e. The zero-order valence-corrected chi connectivity index (χ0v) is 61.6. The Hall–Kier alpha value is -14.7. The van der Waals surface area contributed by atoms with Gasteiger partial charge < -0.3 is 9.47 Å². The lowest BCUT2D eigenvalue weighted by Gasteiger charge is -2.39. The highest BCUT2D eigenvalue weighted by molar-refractivity contribution is 5.94. The minimum atomic E-state index is -0.694. The molecule has 6 nitrogen and oxygen atoms in total. The largest absolute Gasteiger partial charge is 0.457 e. The zero-order chi connectivity index (χ0) is 74.8. The predicted octanol–water partition coefficient (Wildman–Crippen LogP) is 27.0. The van der Waals surface area contributed by atoms with Crippen LogP contribution >= 0.6 is 0 Å². The van der Waals surface area contributed by atoms with Gasteiger partial charge in [0.15, 0.2) is 11.6 Å². The van der Waals surface area contributed by atoms with Crippen LogP contribution in [0.25, 0.3) is 146 Å². The van der Waals surface area contributed by atoms with Crippen LogP contribution in [0.5, 0.6) is 23.0 Å². The van der Waals surface area contributed by atoms with Crippen molar-refractivity contribution >= 4 is 0 Å². The summed E-state index contributed by atoms with van der Waals surface area (Å²) < 4.78 is 14.3. The van der Waals surface area contributed by atoms with E-state index < -0.39 is 5.41 Å². The first-order valence-electron chi connectivity index (χ1n) is 38.6. The highest BCUT2D eigenvalue weighted by Crippen LogP contribution is 2.63. The van der Waals surface area contributed by atoms with Crippen molar-refractivity contribution in [3.05, 3.63) is 445 Å². The number of rotatable bonds is 11. The summed E-state index contributed by atoms with van der Waals surface area (Å²) in [4.78, 5) is 21.5. The van der Waals surface area contributed by atoms with Crippen LogP contribution in [0.15, 0.2) is 400 Å². The SMILES string of the molecule is c1ccc(-c2nc(-c3cccc(-c4cccc(-c5ccc6c(c5)-c5ccccc5C65c6ccccc6Oc6cc(-c7ccccc7-c7cc(-c8ccccc8-c8ccccc8)nc(-c8ccccc8)n7)ccc65)c4)c3)cc(-c3ccccc3-c3ccc4c(c3)Oc3ccccc3Cc3ccccc3-c3ccccc3C4)n2)cc1. The molecule has 2 aromatic heterocycles. The van der Waals surface area contributed by atoms with Gasteiger partial charge in [-0.05, 0) is 166 Å². The van der Waals surface area contributed by atoms with Gasteiger partial charge in [0, 0.05) is 57.3 Å². The van der Waals surface area contributed by atoms with Crippen LogP contribution in [0.2, 0.25) is 0 Å². The van der Waals surface area contributed by atoms with Gasteiger partial charge in [0.05, 0.1) is 28.2 Å². The Morgan fingerprint density at radius 1 is 0.177 bits per heavy atom. The monoisotopic (exact) mass is 1440 g/mol. The first-order chi connectivity index (χ1) is 56.0. The van der Waals surface area contributed by atoms with E-state index in [1.54, 1.807) is 0 Å². The summed E-state index contributed by atoms with van der Waals surface area (Å²) in [5.74, 6) is 4.62. The van der Waals surface area contributed by atoms with E-state index in [1.165, 1.54) is 44.5 Å². The summed E-state index contributed by atoms with van der Waals surface area (Å²) in [6.45, 7) is 0. The first-order valence-corrected chi connectivity index (χ1v) is 38.6. The standard InChI is InChI=1S/C107H70N4O2/c1-4-28-69(29-5-1)83-41-15-18-47-89(83)99-68-100(111-106(110-99)71-32-8-3-9-33-71)91-49-20-17-45-87(91)79-57-59-96-104(66-79)113-102-53-25-23-51-95(102)107(96)93-50-22-21-46-88(93)92-64-75(56-58-94(92)107)73-38-26-37-72(60-73)74-39-27-40-80(61-74)97-67-98(109-105(108-97)70-30-6-2-7-31-70)90-48-19-16-44-86(90)78-54-55-82-63-77-35-11-14-43-85(77)84-42-13-10-34-76(84)62-81-36-12-24-52-101(81)112-103(82)65-78/h1-61,64-68H,62-63H2. The van der Waals surface area contributed by atoms with Gasteiger partial charge in [0.1, 0.15) is 23.0 Å². The van der Waals surface area contributed by atoms with Crippen molar-refractivity contribution < 1.29 is 9.47 Å². The number of benzene rings is 16. The lowest BCUT2D eigenvalue weighted by molar-refractivity contribution is 0.436. The van der Waals surface area contributed by atoms with Crippen molar-refractivity contribution in [1.29, 1.82) is 0 Å². The molecule has 0 saturated heterocycles. The Kier molecular flexibility index (Phi) is 16.5. The summed E-state index contributed by atoms with van der Waals surface area (Å²) in [6.07, 6.45) is 1.44. The van der Waals surface area contributed by atoms with Crippen molar-refractivity contribution in [2.45, 2.75) is 18.3 Å². The molecule has 4 heterocycles. The molecule has 2 aliphatic heterocycles. The molecule has 0 radical (unpaired) electrons. The Balaban J connectivity index is 0.627. The molecule has 18 aromatic rings. The van der Waals surface area contributed by atoms with Crippen molar-refractivity contribution in [3.8, 4) is 169 Å². The highest BCUT2D eigenvalue weighted by atomic mass is 16.5. The molecule has 0 amide bonds. The fourth-order valence-electron chi connectivity index (χ4n) is 17.5. The molecule has 3 aliphatic rings. The molecule has 1 atom stereocenters. The normalized spacial score (nSPS) is 13.4. The van der Waals surface area contributed by atoms with Crippen molar-refractivity contribution in [2.75, 3.05) is 0 Å². The van der Waals surface area contributed by atoms with E-state index in [-0.39, 0.29) is 0 Å². The average molecular weight is 1440 g/mol. The van der Waals surface area contributed by atoms with E-state index in [2.05, 4.69) is 376 Å². The van der Waals surface area contributed by atoms with E-state index in [0.29, 0.717) is 18.1 Å². The Morgan fingerprint density at radius 3 is 1.12 bits per heavy atom. The Morgan fingerprint density at radius 2 is 0.531 bits per heavy atom. The lowest BCUT2D eigenvalue weighted by Crippen LogP contribution is -2.32. The molecule has 21 rings (SSSR count). The molecular weight excluding hydrogens is 1370 g/mol. The van der Waals surface area contributed by atoms with Gasteiger partial charge in [-0.2, -0.15) is 0 Å². The molecule has 530 valence electrons. The van der Waals surface area contributed by atoms with Crippen LogP contribution in [0, 0.1) is 0 Å². The molecule has 0 N–H and O–H groups in total. The van der Waals surface area contributed by atoms with E-state index in [0.717, 1.165) is 163 Å². The molecule has 6 heteroatoms. The van der Waals surface area contributed by atoms with E-state index in [1.807, 2.05) is 24.3 Å². The van der Waals surface area contributed by atoms with Crippen molar-refractivity contribution in [2.24, 2.45) is 0 Å². The molecule has 1 aliphatic carbocycles. The number of fused-ring (bicyclic) bond motifs is 14. The molecular formula is C107H70N4O2. The van der Waals surface area contributed by atoms with Crippen molar-refractivity contribution in [1.82, 2.24) is 19.9 Å². The minimum absolute atomic E-state index is 0.647. The topological polar surface area (TPSA) is 70.0 Å². The van der Waals surface area contributed by atoms with E-state index >= 15 is 0 Å². The van der Waals surface area contributed by atoms with Gasteiger partial charge in [-0.25, -0.2) is 19.9 Å². The number of aromatic nitrogens is 4. The number of nitrogens with zero attached hydrogens (tertiary/aromatic N) is 4. The second kappa shape index (κ2) is 28.1. The molecule has 113 heavy (non-hydrogen) atoms. The fraction of sp³-hybridized carbons (Fsp3) is 0.0280. The van der Waals surface area contributed by atoms with Crippen LogP contribution in [0.1, 0.15) is 44.5 Å². The third kappa shape index (κ3) is 11.9. The number of para-hydroxylation sites is 2. The third-order valence-corrected chi connectivity index (χ3v) is 22.8. The summed E-state index contributed by atoms with van der Waals surface area (Å²) in [5.41, 5.74) is 33.5. The maximum Gasteiger partial charge on any atom is 0.160 e. The van der Waals surface area contributed by atoms with Gasteiger partial charge in [-0.1, -0.05) is 346 Å². The Labute approximate surface area is 657 Å². The third-order valence-electron chi connectivity index (χ3n) is 22.8. The summed E-state index contributed by atoms with van der Waals surface area (Å²) >= 11 is 0. The van der Waals surface area contributed by atoms with Crippen LogP contribution in [0.4, 0.5) is 0 Å². The van der Waals surface area contributed by atoms with E-state index in [9.17, 15) is 0 Å². The van der Waals surface area contributed by atoms with Gasteiger partial charge in [-0.3, -0.25) is 0 Å². The predicted molar refractivity (Wildman–Crippen MR) is 459 cm³/mol. The summed E-state index contributed by atoms with van der Waals surface area (Å²) in [5, 5.41) is 0. The summed E-state index contributed by atoms with van der Waals surface area (Å²) in [7, 11) is 0. The first kappa shape index (κ1) is 66.5. The van der Waals surface area contributed by atoms with Crippen LogP contribution in [-0.2, 0) is 18.3 Å². The molecule has 1 spiro atoms. The maximum atomic E-state index is 7.19. The second-order valence-electron chi connectivity index (χ2n) is 29.4. The summed E-state index contributed by atoms with van der Waals surface area (Å²) in [6, 6.07) is 143. The average Bonchev–Trinajstić information content (AvgIpc) is 1.53. The quantitative estimate of drug-likeness (QED) is 0.129. The molecule has 0 fully saturated rings. The molecule has 0 bridgehead atoms. The number of hydrogen-bond acceptors (Lipinski definition) is 6. The number of ether oxygens (including phenoxy) is 2. The molecule has 0 saturated carbocycles. The van der Waals surface area contributed by atoms with Crippen LogP contribution < -0.4 is 9.47 Å². The van der Waals surface area contributed by atoms with E-state index in [4.69, 9.17) is 29.4 Å². The molecule has 1 unspecified atom stereocenters. The van der Waals surface area contributed by atoms with Gasteiger partial charge >= 0.3 is 0 Å². The maximum absolute atomic E-state index is 7.19. The lowest BCUT2D eigenvalue weighted by atomic mass is 9.66. The Bertz CT molecular complexity index is 6770. The van der Waals surface area contributed by atoms with Gasteiger partial charge in [0.2, 0.25) is 0 Å². The zero-order valence-electron chi connectivity index (χ0n) is 61.6. The van der Waals surface area contributed by atoms with Crippen molar-refractivity contribution in [3.63, 3.8) is 0 Å². The van der Waals surface area contributed by atoms with Crippen LogP contribution in [0.3, 0.4) is 0 Å². The van der Waals surface area contributed by atoms with Crippen LogP contribution in [-0.4, -0.2) is 19.9 Å².